The van der Waals surface area contributed by atoms with E-state index in [0.717, 1.165) is 23.7 Å². The van der Waals surface area contributed by atoms with Crippen LogP contribution >= 0.6 is 11.3 Å². The fourth-order valence-corrected chi connectivity index (χ4v) is 3.11. The molecular formula is C14H19N5O2S. The first-order chi connectivity index (χ1) is 10.6. The zero-order valence-corrected chi connectivity index (χ0v) is 13.5. The average Bonchev–Trinajstić information content (AvgIpc) is 3.13. The van der Waals surface area contributed by atoms with Gasteiger partial charge in [0, 0.05) is 43.8 Å². The van der Waals surface area contributed by atoms with Crippen LogP contribution in [0, 0.1) is 0 Å². The number of carbonyl (C=O) groups is 1. The number of morpholine rings is 1. The minimum Gasteiger partial charge on any atom is -0.374 e. The van der Waals surface area contributed by atoms with Gasteiger partial charge in [-0.25, -0.2) is 4.98 Å². The van der Waals surface area contributed by atoms with Gasteiger partial charge in [-0.05, 0) is 7.05 Å². The van der Waals surface area contributed by atoms with Gasteiger partial charge in [-0.2, -0.15) is 5.10 Å². The van der Waals surface area contributed by atoms with Crippen molar-refractivity contribution >= 4 is 17.2 Å². The summed E-state index contributed by atoms with van der Waals surface area (Å²) in [6.45, 7) is 2.98. The average molecular weight is 321 g/mol. The van der Waals surface area contributed by atoms with Gasteiger partial charge in [0.2, 0.25) is 0 Å². The Kier molecular flexibility index (Phi) is 4.51. The maximum Gasteiger partial charge on any atom is 0.270 e. The fraction of sp³-hybridized carbons (Fsp3) is 0.500. The van der Waals surface area contributed by atoms with Gasteiger partial charge in [-0.15, -0.1) is 11.3 Å². The molecule has 3 heterocycles. The number of aryl methyl sites for hydroxylation is 1. The molecule has 1 amide bonds. The summed E-state index contributed by atoms with van der Waals surface area (Å²) in [5, 5.41) is 9.57. The van der Waals surface area contributed by atoms with E-state index in [1.807, 2.05) is 13.2 Å². The van der Waals surface area contributed by atoms with Gasteiger partial charge in [0.25, 0.3) is 5.91 Å². The third-order valence-electron chi connectivity index (χ3n) is 3.52. The van der Waals surface area contributed by atoms with E-state index in [1.165, 1.54) is 11.3 Å². The van der Waals surface area contributed by atoms with Crippen molar-refractivity contribution in [2.75, 3.05) is 33.3 Å². The summed E-state index contributed by atoms with van der Waals surface area (Å²) < 4.78 is 7.34. The Balaban J connectivity index is 1.57. The van der Waals surface area contributed by atoms with Crippen LogP contribution in [-0.2, 0) is 11.8 Å². The second kappa shape index (κ2) is 6.55. The molecule has 3 rings (SSSR count). The SMILES string of the molecule is CN1CCOC(CNC(=O)c2csc(-c3cnn(C)c3)n2)C1. The minimum atomic E-state index is -0.164. The first-order valence-electron chi connectivity index (χ1n) is 7.14. The first-order valence-corrected chi connectivity index (χ1v) is 8.02. The molecule has 0 spiro atoms. The summed E-state index contributed by atoms with van der Waals surface area (Å²) in [5.74, 6) is -0.164. The van der Waals surface area contributed by atoms with E-state index in [1.54, 1.807) is 16.3 Å². The third kappa shape index (κ3) is 3.52. The summed E-state index contributed by atoms with van der Waals surface area (Å²) >= 11 is 1.44. The number of thiazole rings is 1. The second-order valence-corrected chi connectivity index (χ2v) is 6.26. The highest BCUT2D eigenvalue weighted by molar-refractivity contribution is 7.13. The smallest absolute Gasteiger partial charge is 0.270 e. The van der Waals surface area contributed by atoms with E-state index < -0.39 is 0 Å². The molecule has 1 fully saturated rings. The molecule has 0 bridgehead atoms. The maximum atomic E-state index is 12.2. The van der Waals surface area contributed by atoms with Gasteiger partial charge in [0.15, 0.2) is 0 Å². The van der Waals surface area contributed by atoms with Crippen LogP contribution in [0.5, 0.6) is 0 Å². The molecule has 0 aromatic carbocycles. The number of nitrogens with one attached hydrogen (secondary N) is 1. The number of hydrogen-bond donors (Lipinski definition) is 1. The van der Waals surface area contributed by atoms with E-state index in [0.29, 0.717) is 18.8 Å². The Morgan fingerprint density at radius 1 is 1.55 bits per heavy atom. The first kappa shape index (κ1) is 15.1. The number of nitrogens with zero attached hydrogens (tertiary/aromatic N) is 4. The molecule has 0 saturated carbocycles. The van der Waals surface area contributed by atoms with Crippen LogP contribution < -0.4 is 5.32 Å². The van der Waals surface area contributed by atoms with Crippen LogP contribution in [0.2, 0.25) is 0 Å². The van der Waals surface area contributed by atoms with Crippen LogP contribution in [0.4, 0.5) is 0 Å². The number of hydrogen-bond acceptors (Lipinski definition) is 6. The number of aromatic nitrogens is 3. The zero-order chi connectivity index (χ0) is 15.5. The van der Waals surface area contributed by atoms with E-state index in [2.05, 4.69) is 27.3 Å². The Labute approximate surface area is 132 Å². The number of amides is 1. The van der Waals surface area contributed by atoms with Crippen molar-refractivity contribution in [3.05, 3.63) is 23.5 Å². The predicted octanol–water partition coefficient (Wildman–Crippen LogP) is 0.604. The Bertz CT molecular complexity index is 653. The van der Waals surface area contributed by atoms with Crippen LogP contribution in [0.3, 0.4) is 0 Å². The highest BCUT2D eigenvalue weighted by Crippen LogP contribution is 2.22. The highest BCUT2D eigenvalue weighted by Gasteiger charge is 2.19. The van der Waals surface area contributed by atoms with Crippen molar-refractivity contribution in [3.8, 4) is 10.6 Å². The van der Waals surface area contributed by atoms with Gasteiger partial charge in [0.05, 0.1) is 18.9 Å². The Morgan fingerprint density at radius 2 is 2.41 bits per heavy atom. The Morgan fingerprint density at radius 3 is 3.14 bits per heavy atom. The van der Waals surface area contributed by atoms with E-state index in [4.69, 9.17) is 4.74 Å². The largest absolute Gasteiger partial charge is 0.374 e. The van der Waals surface area contributed by atoms with Gasteiger partial charge in [-0.3, -0.25) is 9.48 Å². The standard InChI is InChI=1S/C14H19N5O2S/c1-18-3-4-21-11(8-18)6-15-13(20)12-9-22-14(17-12)10-5-16-19(2)7-10/h5,7,9,11H,3-4,6,8H2,1-2H3,(H,15,20). The number of likely N-dealkylation sites (N-methyl/N-ethyl adjacent to an activating group) is 1. The molecule has 1 unspecified atom stereocenters. The number of rotatable bonds is 4. The third-order valence-corrected chi connectivity index (χ3v) is 4.41. The molecule has 22 heavy (non-hydrogen) atoms. The lowest BCUT2D eigenvalue weighted by Gasteiger charge is -2.29. The molecule has 118 valence electrons. The molecule has 0 radical (unpaired) electrons. The molecule has 2 aromatic heterocycles. The van der Waals surface area contributed by atoms with Crippen molar-refractivity contribution < 1.29 is 9.53 Å². The molecule has 0 aliphatic carbocycles. The summed E-state index contributed by atoms with van der Waals surface area (Å²) in [6, 6.07) is 0. The Hall–Kier alpha value is -1.77. The lowest BCUT2D eigenvalue weighted by atomic mass is 10.3. The van der Waals surface area contributed by atoms with Crippen LogP contribution in [0.1, 0.15) is 10.5 Å². The van der Waals surface area contributed by atoms with Crippen molar-refractivity contribution in [3.63, 3.8) is 0 Å². The molecule has 7 nitrogen and oxygen atoms in total. The van der Waals surface area contributed by atoms with Gasteiger partial charge < -0.3 is 15.0 Å². The fourth-order valence-electron chi connectivity index (χ4n) is 2.33. The van der Waals surface area contributed by atoms with Crippen LogP contribution in [-0.4, -0.2) is 65.0 Å². The molecule has 2 aromatic rings. The molecule has 1 saturated heterocycles. The monoisotopic (exact) mass is 321 g/mol. The minimum absolute atomic E-state index is 0.0409. The quantitative estimate of drug-likeness (QED) is 0.893. The predicted molar refractivity (Wildman–Crippen MR) is 83.9 cm³/mol. The maximum absolute atomic E-state index is 12.2. The summed E-state index contributed by atoms with van der Waals surface area (Å²) in [7, 11) is 3.91. The van der Waals surface area contributed by atoms with Crippen LogP contribution in [0.15, 0.2) is 17.8 Å². The second-order valence-electron chi connectivity index (χ2n) is 5.41. The van der Waals surface area contributed by atoms with Crippen molar-refractivity contribution in [1.29, 1.82) is 0 Å². The molecule has 1 aliphatic rings. The topological polar surface area (TPSA) is 72.3 Å². The van der Waals surface area contributed by atoms with Gasteiger partial charge >= 0.3 is 0 Å². The molecule has 1 N–H and O–H groups in total. The van der Waals surface area contributed by atoms with E-state index in [9.17, 15) is 4.79 Å². The highest BCUT2D eigenvalue weighted by atomic mass is 32.1. The van der Waals surface area contributed by atoms with E-state index >= 15 is 0 Å². The summed E-state index contributed by atoms with van der Waals surface area (Å²) in [6.07, 6.45) is 3.66. The van der Waals surface area contributed by atoms with Crippen molar-refractivity contribution in [2.45, 2.75) is 6.10 Å². The van der Waals surface area contributed by atoms with E-state index in [-0.39, 0.29) is 12.0 Å². The summed E-state index contributed by atoms with van der Waals surface area (Å²) in [5.41, 5.74) is 1.36. The zero-order valence-electron chi connectivity index (χ0n) is 12.7. The van der Waals surface area contributed by atoms with Gasteiger partial charge in [-0.1, -0.05) is 0 Å². The lowest BCUT2D eigenvalue weighted by molar-refractivity contribution is -0.0175. The van der Waals surface area contributed by atoms with Gasteiger partial charge in [0.1, 0.15) is 10.7 Å². The number of ether oxygens (including phenoxy) is 1. The normalized spacial score (nSPS) is 19.3. The number of carbonyl (C=O) groups excluding carboxylic acids is 1. The van der Waals surface area contributed by atoms with Crippen LogP contribution in [0.25, 0.3) is 10.6 Å². The van der Waals surface area contributed by atoms with Crippen molar-refractivity contribution in [2.24, 2.45) is 7.05 Å². The molecular weight excluding hydrogens is 302 g/mol. The lowest BCUT2D eigenvalue weighted by Crippen LogP contribution is -2.45. The molecule has 8 heteroatoms. The summed E-state index contributed by atoms with van der Waals surface area (Å²) in [4.78, 5) is 18.7. The van der Waals surface area contributed by atoms with Crippen molar-refractivity contribution in [1.82, 2.24) is 25.0 Å². The molecule has 1 atom stereocenters. The molecule has 1 aliphatic heterocycles.